The quantitative estimate of drug-likeness (QED) is 0.384. The predicted octanol–water partition coefficient (Wildman–Crippen LogP) is -1.37. The minimum atomic E-state index is -1.68. The normalized spacial score (nSPS) is 15.3. The number of aliphatic hydroxyl groups excluding tert-OH is 1. The zero-order valence-electron chi connectivity index (χ0n) is 10.3. The highest BCUT2D eigenvalue weighted by molar-refractivity contribution is 5.87. The Morgan fingerprint density at radius 1 is 1.33 bits per heavy atom. The molecule has 0 rings (SSSR count). The Bertz CT molecular complexity index is 321. The molecule has 0 saturated heterocycles. The van der Waals surface area contributed by atoms with E-state index in [9.17, 15) is 14.4 Å². The molecule has 0 saturated carbocycles. The molecule has 0 aromatic carbocycles. The molecule has 8 heteroatoms. The Balaban J connectivity index is 4.47. The van der Waals surface area contributed by atoms with Crippen LogP contribution in [0.25, 0.3) is 0 Å². The van der Waals surface area contributed by atoms with Crippen molar-refractivity contribution in [2.75, 3.05) is 6.54 Å². The number of hydrogen-bond acceptors (Lipinski definition) is 4. The number of carboxylic acid groups (broad SMARTS) is 1. The van der Waals surface area contributed by atoms with Gasteiger partial charge >= 0.3 is 12.0 Å². The number of aliphatic hydroxyl groups is 1. The third-order valence-corrected chi connectivity index (χ3v) is 2.55. The predicted molar refractivity (Wildman–Crippen MR) is 62.6 cm³/mol. The fourth-order valence-corrected chi connectivity index (χ4v) is 1.25. The standard InChI is InChI=1S/C10H19N3O5/c1-3-5(2)7(13-10(11)18)8(15)12-4-6(14)9(16)17/h5-7,14H,3-4H2,1-2H3,(H,12,15)(H,16,17)(H3,11,13,18). The maximum atomic E-state index is 11.7. The van der Waals surface area contributed by atoms with Crippen molar-refractivity contribution in [3.8, 4) is 0 Å². The molecule has 0 aliphatic heterocycles. The Labute approximate surface area is 105 Å². The summed E-state index contributed by atoms with van der Waals surface area (Å²) in [6.07, 6.45) is -1.06. The lowest BCUT2D eigenvalue weighted by atomic mass is 9.98. The average Bonchev–Trinajstić information content (AvgIpc) is 2.31. The molecule has 0 spiro atoms. The van der Waals surface area contributed by atoms with E-state index in [4.69, 9.17) is 15.9 Å². The second kappa shape index (κ2) is 7.49. The third-order valence-electron chi connectivity index (χ3n) is 2.55. The van der Waals surface area contributed by atoms with E-state index in [-0.39, 0.29) is 5.92 Å². The van der Waals surface area contributed by atoms with Crippen molar-refractivity contribution in [2.24, 2.45) is 11.7 Å². The van der Waals surface area contributed by atoms with Crippen LogP contribution in [0.15, 0.2) is 0 Å². The smallest absolute Gasteiger partial charge is 0.334 e. The van der Waals surface area contributed by atoms with Gasteiger partial charge in [-0.2, -0.15) is 0 Å². The first-order valence-corrected chi connectivity index (χ1v) is 5.54. The molecule has 0 aliphatic carbocycles. The molecule has 0 bridgehead atoms. The van der Waals surface area contributed by atoms with Gasteiger partial charge in [0.25, 0.3) is 0 Å². The van der Waals surface area contributed by atoms with Crippen LogP contribution in [-0.2, 0) is 9.59 Å². The Kier molecular flexibility index (Phi) is 6.73. The van der Waals surface area contributed by atoms with Crippen LogP contribution in [0.3, 0.4) is 0 Å². The van der Waals surface area contributed by atoms with Gasteiger partial charge in [-0.25, -0.2) is 9.59 Å². The summed E-state index contributed by atoms with van der Waals surface area (Å²) in [7, 11) is 0. The summed E-state index contributed by atoms with van der Waals surface area (Å²) in [6.45, 7) is 3.15. The van der Waals surface area contributed by atoms with Crippen LogP contribution >= 0.6 is 0 Å². The summed E-state index contributed by atoms with van der Waals surface area (Å²) in [4.78, 5) is 32.8. The zero-order valence-corrected chi connectivity index (χ0v) is 10.3. The second-order valence-electron chi connectivity index (χ2n) is 3.97. The van der Waals surface area contributed by atoms with Crippen molar-refractivity contribution in [3.63, 3.8) is 0 Å². The van der Waals surface area contributed by atoms with E-state index in [1.807, 2.05) is 6.92 Å². The molecule has 0 aromatic heterocycles. The first kappa shape index (κ1) is 16.2. The van der Waals surface area contributed by atoms with E-state index in [2.05, 4.69) is 10.6 Å². The maximum absolute atomic E-state index is 11.7. The number of nitrogens with one attached hydrogen (secondary N) is 2. The van der Waals surface area contributed by atoms with Crippen LogP contribution in [0.5, 0.6) is 0 Å². The van der Waals surface area contributed by atoms with Gasteiger partial charge in [-0.1, -0.05) is 20.3 Å². The van der Waals surface area contributed by atoms with Crippen molar-refractivity contribution < 1.29 is 24.6 Å². The van der Waals surface area contributed by atoms with Gasteiger partial charge in [0, 0.05) is 0 Å². The number of carbonyl (C=O) groups excluding carboxylic acids is 2. The molecule has 0 aromatic rings. The van der Waals surface area contributed by atoms with Gasteiger partial charge < -0.3 is 26.6 Å². The van der Waals surface area contributed by atoms with E-state index in [1.165, 1.54) is 0 Å². The van der Waals surface area contributed by atoms with Gasteiger partial charge in [0.2, 0.25) is 5.91 Å². The highest BCUT2D eigenvalue weighted by Crippen LogP contribution is 2.07. The van der Waals surface area contributed by atoms with Crippen LogP contribution in [0.4, 0.5) is 4.79 Å². The van der Waals surface area contributed by atoms with Crippen molar-refractivity contribution >= 4 is 17.9 Å². The monoisotopic (exact) mass is 261 g/mol. The number of aliphatic carboxylic acids is 1. The molecule has 0 radical (unpaired) electrons. The highest BCUT2D eigenvalue weighted by atomic mass is 16.4. The Morgan fingerprint density at radius 2 is 1.89 bits per heavy atom. The molecule has 0 fully saturated rings. The molecule has 3 unspecified atom stereocenters. The summed E-state index contributed by atoms with van der Waals surface area (Å²) in [6, 6.07) is -1.69. The van der Waals surface area contributed by atoms with Crippen molar-refractivity contribution in [3.05, 3.63) is 0 Å². The minimum absolute atomic E-state index is 0.167. The number of urea groups is 1. The van der Waals surface area contributed by atoms with E-state index in [0.717, 1.165) is 0 Å². The topological polar surface area (TPSA) is 142 Å². The lowest BCUT2D eigenvalue weighted by Gasteiger charge is -2.22. The largest absolute Gasteiger partial charge is 0.479 e. The number of primary amides is 1. The summed E-state index contributed by atoms with van der Waals surface area (Å²) < 4.78 is 0. The molecule has 104 valence electrons. The van der Waals surface area contributed by atoms with Crippen LogP contribution in [0.1, 0.15) is 20.3 Å². The zero-order chi connectivity index (χ0) is 14.3. The lowest BCUT2D eigenvalue weighted by Crippen LogP contribution is -2.53. The summed E-state index contributed by atoms with van der Waals surface area (Å²) in [5.41, 5.74) is 4.95. The molecule has 3 atom stereocenters. The van der Waals surface area contributed by atoms with Gasteiger partial charge in [0.15, 0.2) is 6.10 Å². The third kappa shape index (κ3) is 5.48. The van der Waals surface area contributed by atoms with Crippen LogP contribution in [-0.4, -0.2) is 46.8 Å². The van der Waals surface area contributed by atoms with Crippen molar-refractivity contribution in [1.82, 2.24) is 10.6 Å². The Morgan fingerprint density at radius 3 is 2.28 bits per heavy atom. The van der Waals surface area contributed by atoms with Gasteiger partial charge in [-0.3, -0.25) is 4.79 Å². The van der Waals surface area contributed by atoms with E-state index >= 15 is 0 Å². The van der Waals surface area contributed by atoms with Crippen LogP contribution in [0.2, 0.25) is 0 Å². The molecule has 18 heavy (non-hydrogen) atoms. The lowest BCUT2D eigenvalue weighted by molar-refractivity contribution is -0.146. The van der Waals surface area contributed by atoms with E-state index in [1.54, 1.807) is 6.92 Å². The minimum Gasteiger partial charge on any atom is -0.479 e. The number of carboxylic acids is 1. The number of amides is 3. The second-order valence-corrected chi connectivity index (χ2v) is 3.97. The summed E-state index contributed by atoms with van der Waals surface area (Å²) in [5, 5.41) is 22.0. The summed E-state index contributed by atoms with van der Waals surface area (Å²) in [5.74, 6) is -2.18. The van der Waals surface area contributed by atoms with Gasteiger partial charge in [0.1, 0.15) is 6.04 Å². The maximum Gasteiger partial charge on any atom is 0.334 e. The fourth-order valence-electron chi connectivity index (χ4n) is 1.25. The highest BCUT2D eigenvalue weighted by Gasteiger charge is 2.26. The average molecular weight is 261 g/mol. The van der Waals surface area contributed by atoms with Gasteiger partial charge in [0.05, 0.1) is 6.54 Å². The SMILES string of the molecule is CCC(C)C(NC(N)=O)C(=O)NCC(O)C(=O)O. The molecular weight excluding hydrogens is 242 g/mol. The molecular formula is C10H19N3O5. The van der Waals surface area contributed by atoms with E-state index in [0.29, 0.717) is 6.42 Å². The van der Waals surface area contributed by atoms with Crippen molar-refractivity contribution in [1.29, 1.82) is 0 Å². The first-order valence-electron chi connectivity index (χ1n) is 5.54. The number of nitrogens with two attached hydrogens (primary N) is 1. The van der Waals surface area contributed by atoms with E-state index < -0.39 is 36.6 Å². The Hall–Kier alpha value is -1.83. The number of carbonyl (C=O) groups is 3. The first-order chi connectivity index (χ1) is 8.29. The molecule has 3 amide bonds. The van der Waals surface area contributed by atoms with Crippen LogP contribution < -0.4 is 16.4 Å². The van der Waals surface area contributed by atoms with Crippen molar-refractivity contribution in [2.45, 2.75) is 32.4 Å². The van der Waals surface area contributed by atoms with Gasteiger partial charge in [-0.15, -0.1) is 0 Å². The number of hydrogen-bond donors (Lipinski definition) is 5. The molecule has 0 aliphatic rings. The fraction of sp³-hybridized carbons (Fsp3) is 0.700. The van der Waals surface area contributed by atoms with Gasteiger partial charge in [-0.05, 0) is 5.92 Å². The number of rotatable bonds is 7. The molecule has 6 N–H and O–H groups in total. The molecule has 8 nitrogen and oxygen atoms in total. The molecule has 0 heterocycles. The van der Waals surface area contributed by atoms with Crippen LogP contribution in [0, 0.1) is 5.92 Å². The summed E-state index contributed by atoms with van der Waals surface area (Å²) >= 11 is 0.